The lowest BCUT2D eigenvalue weighted by Crippen LogP contribution is -2.12. The summed E-state index contributed by atoms with van der Waals surface area (Å²) in [5, 5.41) is 24.2. The number of methoxy groups -OCH3 is 1. The first-order valence-electron chi connectivity index (χ1n) is 7.50. The molecule has 9 nitrogen and oxygen atoms in total. The molecule has 3 aromatic rings. The molecule has 1 heterocycles. The fourth-order valence-corrected chi connectivity index (χ4v) is 2.20. The molecular formula is C17H15N5O4. The Balaban J connectivity index is 1.87. The number of benzene rings is 2. The average Bonchev–Trinajstić information content (AvgIpc) is 2.61. The molecular weight excluding hydrogens is 338 g/mol. The number of aromatic hydroxyl groups is 2. The highest BCUT2D eigenvalue weighted by molar-refractivity contribution is 6.05. The van der Waals surface area contributed by atoms with E-state index >= 15 is 0 Å². The first-order chi connectivity index (χ1) is 12.5. The summed E-state index contributed by atoms with van der Waals surface area (Å²) in [6.45, 7) is 0. The van der Waals surface area contributed by atoms with Crippen molar-refractivity contribution in [2.75, 3.05) is 17.7 Å². The van der Waals surface area contributed by atoms with Gasteiger partial charge in [0, 0.05) is 11.3 Å². The molecule has 26 heavy (non-hydrogen) atoms. The molecule has 0 radical (unpaired) electrons. The van der Waals surface area contributed by atoms with Crippen molar-refractivity contribution in [2.45, 2.75) is 0 Å². The number of amides is 1. The van der Waals surface area contributed by atoms with Gasteiger partial charge in [-0.2, -0.15) is 9.97 Å². The number of carbonyl (C=O) groups excluding carboxylic acids is 1. The predicted octanol–water partition coefficient (Wildman–Crippen LogP) is 2.29. The van der Waals surface area contributed by atoms with Gasteiger partial charge in [-0.15, -0.1) is 4.98 Å². The number of carbonyl (C=O) groups is 1. The molecule has 132 valence electrons. The van der Waals surface area contributed by atoms with Gasteiger partial charge in [0.25, 0.3) is 5.91 Å². The quantitative estimate of drug-likeness (QED) is 0.550. The number of hydrogen-bond donors (Lipinski definition) is 4. The summed E-state index contributed by atoms with van der Waals surface area (Å²) in [5.74, 6) is -0.00202. The van der Waals surface area contributed by atoms with Gasteiger partial charge in [0.05, 0.1) is 12.8 Å². The van der Waals surface area contributed by atoms with Crippen molar-refractivity contribution < 1.29 is 19.7 Å². The summed E-state index contributed by atoms with van der Waals surface area (Å²) in [4.78, 5) is 23.0. The average molecular weight is 353 g/mol. The zero-order valence-electron chi connectivity index (χ0n) is 13.7. The van der Waals surface area contributed by atoms with Crippen LogP contribution in [0.15, 0.2) is 48.5 Å². The van der Waals surface area contributed by atoms with Gasteiger partial charge in [-0.25, -0.2) is 0 Å². The van der Waals surface area contributed by atoms with Crippen molar-refractivity contribution in [3.05, 3.63) is 54.1 Å². The summed E-state index contributed by atoms with van der Waals surface area (Å²) in [7, 11) is 1.46. The van der Waals surface area contributed by atoms with Crippen LogP contribution in [0.4, 0.5) is 17.3 Å². The van der Waals surface area contributed by atoms with Crippen molar-refractivity contribution in [3.63, 3.8) is 0 Å². The van der Waals surface area contributed by atoms with Gasteiger partial charge < -0.3 is 25.6 Å². The Morgan fingerprint density at radius 2 is 1.69 bits per heavy atom. The number of nitrogens with one attached hydrogen (secondary N) is 2. The Kier molecular flexibility index (Phi) is 4.79. The minimum atomic E-state index is -0.642. The lowest BCUT2D eigenvalue weighted by atomic mass is 10.1. The molecule has 0 bridgehead atoms. The van der Waals surface area contributed by atoms with Crippen LogP contribution in [-0.2, 0) is 0 Å². The Morgan fingerprint density at radius 1 is 1.00 bits per heavy atom. The molecule has 0 aliphatic heterocycles. The van der Waals surface area contributed by atoms with Gasteiger partial charge in [-0.05, 0) is 30.3 Å². The van der Waals surface area contributed by atoms with Crippen molar-refractivity contribution in [1.82, 2.24) is 15.0 Å². The summed E-state index contributed by atoms with van der Waals surface area (Å²) in [6.07, 6.45) is 0. The van der Waals surface area contributed by atoms with E-state index in [0.29, 0.717) is 22.7 Å². The maximum atomic E-state index is 12.4. The molecule has 0 saturated carbocycles. The second kappa shape index (κ2) is 7.34. The highest BCUT2D eigenvalue weighted by atomic mass is 16.5. The normalized spacial score (nSPS) is 10.2. The lowest BCUT2D eigenvalue weighted by molar-refractivity contribution is 0.102. The fourth-order valence-electron chi connectivity index (χ4n) is 2.20. The van der Waals surface area contributed by atoms with Gasteiger partial charge in [-0.1, -0.05) is 18.2 Å². The third kappa shape index (κ3) is 3.96. The monoisotopic (exact) mass is 353 g/mol. The zero-order valence-corrected chi connectivity index (χ0v) is 13.7. The van der Waals surface area contributed by atoms with Crippen LogP contribution in [0.5, 0.6) is 17.8 Å². The molecule has 1 aromatic heterocycles. The Labute approximate surface area is 148 Å². The molecule has 0 fully saturated rings. The van der Waals surface area contributed by atoms with E-state index in [2.05, 4.69) is 25.6 Å². The van der Waals surface area contributed by atoms with E-state index in [-0.39, 0.29) is 11.9 Å². The van der Waals surface area contributed by atoms with Gasteiger partial charge in [0.15, 0.2) is 0 Å². The van der Waals surface area contributed by atoms with Gasteiger partial charge in [0.1, 0.15) is 5.75 Å². The second-order valence-electron chi connectivity index (χ2n) is 5.12. The van der Waals surface area contributed by atoms with Crippen LogP contribution in [0.1, 0.15) is 10.4 Å². The van der Waals surface area contributed by atoms with E-state index in [0.717, 1.165) is 0 Å². The van der Waals surface area contributed by atoms with E-state index in [4.69, 9.17) is 4.74 Å². The molecule has 4 N–H and O–H groups in total. The van der Waals surface area contributed by atoms with Crippen LogP contribution in [0.3, 0.4) is 0 Å². The van der Waals surface area contributed by atoms with Crippen molar-refractivity contribution in [1.29, 1.82) is 0 Å². The van der Waals surface area contributed by atoms with Crippen LogP contribution in [0.25, 0.3) is 0 Å². The number of para-hydroxylation sites is 1. The molecule has 0 atom stereocenters. The maximum Gasteiger partial charge on any atom is 0.321 e. The third-order valence-corrected chi connectivity index (χ3v) is 3.35. The van der Waals surface area contributed by atoms with Crippen LogP contribution >= 0.6 is 0 Å². The number of ether oxygens (including phenoxy) is 1. The van der Waals surface area contributed by atoms with Crippen LogP contribution < -0.4 is 15.4 Å². The fraction of sp³-hybridized carbons (Fsp3) is 0.0588. The Hall–Kier alpha value is -3.88. The maximum absolute atomic E-state index is 12.4. The molecule has 1 amide bonds. The largest absolute Gasteiger partial charge is 0.495 e. The Morgan fingerprint density at radius 3 is 2.35 bits per heavy atom. The van der Waals surface area contributed by atoms with E-state index in [9.17, 15) is 15.0 Å². The first-order valence-corrected chi connectivity index (χ1v) is 7.50. The number of aromatic nitrogens is 3. The van der Waals surface area contributed by atoms with Crippen LogP contribution in [-0.4, -0.2) is 38.2 Å². The number of nitrogens with zero attached hydrogens (tertiary/aromatic N) is 3. The van der Waals surface area contributed by atoms with Crippen molar-refractivity contribution in [2.24, 2.45) is 0 Å². The summed E-state index contributed by atoms with van der Waals surface area (Å²) in [6, 6.07) is 12.5. The van der Waals surface area contributed by atoms with Gasteiger partial charge >= 0.3 is 12.0 Å². The second-order valence-corrected chi connectivity index (χ2v) is 5.12. The SMILES string of the molecule is COc1ccc(C(=O)Nc2ccccc2)cc1Nc1nc(O)nc(O)n1. The molecule has 0 aliphatic rings. The van der Waals surface area contributed by atoms with Crippen molar-refractivity contribution in [3.8, 4) is 17.8 Å². The smallest absolute Gasteiger partial charge is 0.321 e. The van der Waals surface area contributed by atoms with Crippen molar-refractivity contribution >= 4 is 23.2 Å². The number of rotatable bonds is 5. The molecule has 0 unspecified atom stereocenters. The van der Waals surface area contributed by atoms with E-state index < -0.39 is 12.0 Å². The molecule has 0 aliphatic carbocycles. The number of anilines is 3. The topological polar surface area (TPSA) is 129 Å². The zero-order chi connectivity index (χ0) is 18.5. The molecule has 3 rings (SSSR count). The predicted molar refractivity (Wildman–Crippen MR) is 93.8 cm³/mol. The molecule has 9 heteroatoms. The minimum absolute atomic E-state index is 0.103. The van der Waals surface area contributed by atoms with Crippen LogP contribution in [0, 0.1) is 0 Å². The number of hydrogen-bond acceptors (Lipinski definition) is 8. The highest BCUT2D eigenvalue weighted by Crippen LogP contribution is 2.28. The van der Waals surface area contributed by atoms with E-state index in [1.807, 2.05) is 18.2 Å². The molecule has 2 aromatic carbocycles. The van der Waals surface area contributed by atoms with Gasteiger partial charge in [-0.3, -0.25) is 4.79 Å². The van der Waals surface area contributed by atoms with E-state index in [1.165, 1.54) is 13.2 Å². The molecule has 0 spiro atoms. The Bertz CT molecular complexity index is 913. The minimum Gasteiger partial charge on any atom is -0.495 e. The lowest BCUT2D eigenvalue weighted by Gasteiger charge is -2.12. The highest BCUT2D eigenvalue weighted by Gasteiger charge is 2.13. The summed E-state index contributed by atoms with van der Waals surface area (Å²) < 4.78 is 5.24. The third-order valence-electron chi connectivity index (χ3n) is 3.35. The summed E-state index contributed by atoms with van der Waals surface area (Å²) >= 11 is 0. The van der Waals surface area contributed by atoms with Gasteiger partial charge in [0.2, 0.25) is 5.95 Å². The molecule has 0 saturated heterocycles. The summed E-state index contributed by atoms with van der Waals surface area (Å²) in [5.41, 5.74) is 1.40. The van der Waals surface area contributed by atoms with E-state index in [1.54, 1.807) is 24.3 Å². The van der Waals surface area contributed by atoms with Crippen LogP contribution in [0.2, 0.25) is 0 Å². The first kappa shape index (κ1) is 17.0. The standard InChI is InChI=1S/C17H15N5O4/c1-26-13-8-7-10(14(23)18-11-5-3-2-4-6-11)9-12(13)19-15-20-16(24)22-17(25)21-15/h2-9H,1H3,(H,18,23)(H3,19,20,21,22,24,25).